The zero-order valence-corrected chi connectivity index (χ0v) is 10.3. The summed E-state index contributed by atoms with van der Waals surface area (Å²) in [4.78, 5) is 9.09. The summed E-state index contributed by atoms with van der Waals surface area (Å²) in [5.74, 6) is 0. The lowest BCUT2D eigenvalue weighted by atomic mass is 9.98. The van der Waals surface area contributed by atoms with Crippen LogP contribution >= 0.6 is 0 Å². The molecule has 0 spiro atoms. The zero-order valence-electron chi connectivity index (χ0n) is 10.3. The van der Waals surface area contributed by atoms with Crippen LogP contribution in [0.3, 0.4) is 0 Å². The summed E-state index contributed by atoms with van der Waals surface area (Å²) < 4.78 is 0. The van der Waals surface area contributed by atoms with Crippen molar-refractivity contribution in [2.24, 2.45) is 5.16 Å². The quantitative estimate of drug-likeness (QED) is 0.754. The first-order valence-corrected chi connectivity index (χ1v) is 6.03. The first kappa shape index (κ1) is 11.0. The third kappa shape index (κ3) is 1.78. The van der Waals surface area contributed by atoms with Crippen LogP contribution in [0, 0.1) is 0 Å². The fourth-order valence-electron chi connectivity index (χ4n) is 2.50. The third-order valence-electron chi connectivity index (χ3n) is 3.27. The zero-order chi connectivity index (χ0) is 12.4. The Morgan fingerprint density at radius 1 is 1.11 bits per heavy atom. The maximum absolute atomic E-state index is 4.90. The fraction of sp³-hybridized carbons (Fsp3) is 0.200. The summed E-state index contributed by atoms with van der Waals surface area (Å²) >= 11 is 0. The third-order valence-corrected chi connectivity index (χ3v) is 3.27. The molecular formula is C15H14N2O. The molecule has 2 aromatic rings. The molecule has 3 heteroatoms. The highest BCUT2D eigenvalue weighted by Gasteiger charge is 2.21. The predicted molar refractivity (Wildman–Crippen MR) is 71.5 cm³/mol. The van der Waals surface area contributed by atoms with Crippen molar-refractivity contribution < 1.29 is 4.84 Å². The molecule has 0 radical (unpaired) electrons. The Morgan fingerprint density at radius 3 is 2.78 bits per heavy atom. The molecule has 90 valence electrons. The van der Waals surface area contributed by atoms with E-state index in [9.17, 15) is 0 Å². The molecule has 1 aliphatic rings. The second kappa shape index (κ2) is 4.61. The molecule has 0 aliphatic heterocycles. The van der Waals surface area contributed by atoms with Crippen LogP contribution in [0.15, 0.2) is 47.9 Å². The van der Waals surface area contributed by atoms with Crippen molar-refractivity contribution in [3.63, 3.8) is 0 Å². The van der Waals surface area contributed by atoms with E-state index in [2.05, 4.69) is 34.4 Å². The maximum atomic E-state index is 4.90. The molecule has 18 heavy (non-hydrogen) atoms. The van der Waals surface area contributed by atoms with Gasteiger partial charge in [0.25, 0.3) is 0 Å². The molecule has 0 N–H and O–H groups in total. The van der Waals surface area contributed by atoms with Crippen molar-refractivity contribution in [3.05, 3.63) is 53.9 Å². The van der Waals surface area contributed by atoms with Gasteiger partial charge in [0.1, 0.15) is 7.11 Å². The molecule has 3 rings (SSSR count). The molecule has 0 saturated carbocycles. The summed E-state index contributed by atoms with van der Waals surface area (Å²) in [6.45, 7) is 0. The van der Waals surface area contributed by atoms with Crippen molar-refractivity contribution in [3.8, 4) is 11.1 Å². The molecule has 1 aromatic carbocycles. The highest BCUT2D eigenvalue weighted by Crippen LogP contribution is 2.32. The first-order chi connectivity index (χ1) is 8.90. The Hall–Kier alpha value is -2.16. The summed E-state index contributed by atoms with van der Waals surface area (Å²) in [7, 11) is 1.59. The van der Waals surface area contributed by atoms with E-state index in [-0.39, 0.29) is 0 Å². The number of benzene rings is 1. The van der Waals surface area contributed by atoms with E-state index in [0.29, 0.717) is 0 Å². The van der Waals surface area contributed by atoms with Crippen LogP contribution in [-0.4, -0.2) is 17.8 Å². The molecule has 0 fully saturated rings. The predicted octanol–water partition coefficient (Wildman–Crippen LogP) is 3.05. The molecule has 0 unspecified atom stereocenters. The Balaban J connectivity index is 2.13. The van der Waals surface area contributed by atoms with Gasteiger partial charge in [0.2, 0.25) is 0 Å². The lowest BCUT2D eigenvalue weighted by molar-refractivity contribution is 0.213. The van der Waals surface area contributed by atoms with E-state index < -0.39 is 0 Å². The standard InChI is InChI=1S/C15H14N2O/c1-18-17-15-8-7-13-12(5-2-6-14(13)15)11-4-3-9-16-10-11/h2-6,9-10H,7-8H2,1H3. The number of oxime groups is 1. The van der Waals surface area contributed by atoms with Gasteiger partial charge in [-0.1, -0.05) is 29.4 Å². The first-order valence-electron chi connectivity index (χ1n) is 6.03. The van der Waals surface area contributed by atoms with Gasteiger partial charge in [0.05, 0.1) is 5.71 Å². The van der Waals surface area contributed by atoms with Crippen molar-refractivity contribution in [1.29, 1.82) is 0 Å². The average Bonchev–Trinajstić information content (AvgIpc) is 2.84. The van der Waals surface area contributed by atoms with E-state index in [0.717, 1.165) is 24.1 Å². The normalized spacial score (nSPS) is 15.7. The lowest BCUT2D eigenvalue weighted by Gasteiger charge is -2.07. The average molecular weight is 238 g/mol. The number of aromatic nitrogens is 1. The van der Waals surface area contributed by atoms with E-state index in [1.54, 1.807) is 13.3 Å². The highest BCUT2D eigenvalue weighted by atomic mass is 16.6. The van der Waals surface area contributed by atoms with Gasteiger partial charge < -0.3 is 4.84 Å². The number of pyridine rings is 1. The Bertz CT molecular complexity index is 591. The molecule has 1 aromatic heterocycles. The van der Waals surface area contributed by atoms with Gasteiger partial charge in [-0.15, -0.1) is 0 Å². The SMILES string of the molecule is CON=C1CCc2c1cccc2-c1cccnc1. The summed E-state index contributed by atoms with van der Waals surface area (Å²) in [5, 5.41) is 4.10. The molecule has 0 atom stereocenters. The Morgan fingerprint density at radius 2 is 2.00 bits per heavy atom. The van der Waals surface area contributed by atoms with E-state index >= 15 is 0 Å². The van der Waals surface area contributed by atoms with Gasteiger partial charge in [-0.25, -0.2) is 0 Å². The smallest absolute Gasteiger partial charge is 0.106 e. The highest BCUT2D eigenvalue weighted by molar-refractivity contribution is 6.05. The summed E-state index contributed by atoms with van der Waals surface area (Å²) in [6.07, 6.45) is 5.66. The van der Waals surface area contributed by atoms with Crippen LogP contribution in [0.1, 0.15) is 17.5 Å². The molecule has 0 bridgehead atoms. The minimum Gasteiger partial charge on any atom is -0.399 e. The second-order valence-corrected chi connectivity index (χ2v) is 4.29. The van der Waals surface area contributed by atoms with Gasteiger partial charge in [-0.05, 0) is 30.0 Å². The van der Waals surface area contributed by atoms with Crippen molar-refractivity contribution in [2.75, 3.05) is 7.11 Å². The lowest BCUT2D eigenvalue weighted by Crippen LogP contribution is -1.95. The monoisotopic (exact) mass is 238 g/mol. The number of fused-ring (bicyclic) bond motifs is 1. The van der Waals surface area contributed by atoms with Gasteiger partial charge in [-0.3, -0.25) is 4.98 Å². The Kier molecular flexibility index (Phi) is 2.81. The van der Waals surface area contributed by atoms with Gasteiger partial charge in [0.15, 0.2) is 0 Å². The van der Waals surface area contributed by atoms with E-state index in [1.807, 2.05) is 12.3 Å². The fourth-order valence-corrected chi connectivity index (χ4v) is 2.50. The van der Waals surface area contributed by atoms with Crippen molar-refractivity contribution in [2.45, 2.75) is 12.8 Å². The Labute approximate surface area is 106 Å². The minimum absolute atomic E-state index is 0.945. The molecular weight excluding hydrogens is 224 g/mol. The second-order valence-electron chi connectivity index (χ2n) is 4.29. The number of nitrogens with zero attached hydrogens (tertiary/aromatic N) is 2. The molecule has 0 amide bonds. The largest absolute Gasteiger partial charge is 0.399 e. The van der Waals surface area contributed by atoms with Crippen LogP contribution in [-0.2, 0) is 11.3 Å². The van der Waals surface area contributed by atoms with Crippen molar-refractivity contribution in [1.82, 2.24) is 4.98 Å². The van der Waals surface area contributed by atoms with Gasteiger partial charge >= 0.3 is 0 Å². The number of rotatable bonds is 2. The summed E-state index contributed by atoms with van der Waals surface area (Å²) in [5.41, 5.74) is 6.01. The van der Waals surface area contributed by atoms with Crippen molar-refractivity contribution >= 4 is 5.71 Å². The van der Waals surface area contributed by atoms with Crippen LogP contribution in [0.4, 0.5) is 0 Å². The van der Waals surface area contributed by atoms with Crippen LogP contribution in [0.2, 0.25) is 0 Å². The van der Waals surface area contributed by atoms with Crippen LogP contribution in [0.25, 0.3) is 11.1 Å². The number of hydrogen-bond donors (Lipinski definition) is 0. The van der Waals surface area contributed by atoms with E-state index in [4.69, 9.17) is 4.84 Å². The maximum Gasteiger partial charge on any atom is 0.106 e. The van der Waals surface area contributed by atoms with Crippen LogP contribution < -0.4 is 0 Å². The van der Waals surface area contributed by atoms with Crippen LogP contribution in [0.5, 0.6) is 0 Å². The molecule has 1 aliphatic carbocycles. The minimum atomic E-state index is 0.945. The molecule has 1 heterocycles. The topological polar surface area (TPSA) is 34.5 Å². The number of hydrogen-bond acceptors (Lipinski definition) is 3. The van der Waals surface area contributed by atoms with E-state index in [1.165, 1.54) is 16.7 Å². The molecule has 3 nitrogen and oxygen atoms in total. The van der Waals surface area contributed by atoms with Gasteiger partial charge in [0, 0.05) is 23.5 Å². The molecule has 0 saturated heterocycles. The summed E-state index contributed by atoms with van der Waals surface area (Å²) in [6, 6.07) is 10.4. The van der Waals surface area contributed by atoms with Gasteiger partial charge in [-0.2, -0.15) is 0 Å².